The van der Waals surface area contributed by atoms with Crippen LogP contribution in [0.1, 0.15) is 155 Å². The summed E-state index contributed by atoms with van der Waals surface area (Å²) in [5, 5.41) is 86.8. The first kappa shape index (κ1) is 61.3. The van der Waals surface area contributed by atoms with Crippen LogP contribution in [0, 0.1) is 0 Å². The predicted octanol–water partition coefficient (Wildman–Crippen LogP) is 6.99. The lowest BCUT2D eigenvalue weighted by atomic mass is 9.97. The summed E-state index contributed by atoms with van der Waals surface area (Å²) in [5.74, 6) is -0.270. The topological polar surface area (TPSA) is 228 Å². The van der Waals surface area contributed by atoms with Crippen molar-refractivity contribution in [1.82, 2.24) is 5.32 Å². The van der Waals surface area contributed by atoms with Crippen molar-refractivity contribution in [2.45, 2.75) is 229 Å². The van der Waals surface area contributed by atoms with E-state index in [0.717, 1.165) is 70.6 Å². The van der Waals surface area contributed by atoms with E-state index in [2.05, 4.69) is 104 Å². The summed E-state index contributed by atoms with van der Waals surface area (Å²) in [5.41, 5.74) is 0. The molecule has 0 saturated carbocycles. The van der Waals surface area contributed by atoms with Crippen LogP contribution in [0.5, 0.6) is 0 Å². The van der Waals surface area contributed by atoms with E-state index in [0.29, 0.717) is 19.3 Å². The molecule has 14 heteroatoms. The summed E-state index contributed by atoms with van der Waals surface area (Å²) in [6.07, 6.45) is 34.5. The molecule has 2 aliphatic heterocycles. The Kier molecular flexibility index (Phi) is 35.9. The number of hydrogen-bond acceptors (Lipinski definition) is 13. The van der Waals surface area contributed by atoms with Crippen LogP contribution in [0.2, 0.25) is 0 Å². The van der Waals surface area contributed by atoms with Gasteiger partial charge in [-0.3, -0.25) is 4.79 Å². The minimum Gasteiger partial charge on any atom is -0.394 e. The summed E-state index contributed by atoms with van der Waals surface area (Å²) >= 11 is 0. The van der Waals surface area contributed by atoms with Gasteiger partial charge in [-0.05, 0) is 64.2 Å². The molecule has 0 spiro atoms. The largest absolute Gasteiger partial charge is 0.394 e. The summed E-state index contributed by atoms with van der Waals surface area (Å²) in [7, 11) is 0. The second-order valence-corrected chi connectivity index (χ2v) is 17.9. The van der Waals surface area contributed by atoms with Gasteiger partial charge in [0.2, 0.25) is 5.91 Å². The van der Waals surface area contributed by atoms with Crippen LogP contribution in [-0.2, 0) is 23.7 Å². The fraction of sp³-hybridized carbons (Fsp3) is 0.722. The summed E-state index contributed by atoms with van der Waals surface area (Å²) in [6, 6.07) is -0.863. The highest BCUT2D eigenvalue weighted by atomic mass is 16.7. The average molecular weight is 962 g/mol. The molecule has 2 aliphatic rings. The molecule has 14 nitrogen and oxygen atoms in total. The number of carbonyl (C=O) groups excluding carboxylic acids is 1. The molecule has 0 aromatic heterocycles. The maximum atomic E-state index is 13.2. The molecule has 0 bridgehead atoms. The Labute approximate surface area is 408 Å². The van der Waals surface area contributed by atoms with Crippen LogP contribution in [0.4, 0.5) is 0 Å². The van der Waals surface area contributed by atoms with E-state index in [9.17, 15) is 45.6 Å². The first-order chi connectivity index (χ1) is 33.1. The van der Waals surface area contributed by atoms with Crippen LogP contribution in [0.3, 0.4) is 0 Å². The van der Waals surface area contributed by atoms with Crippen molar-refractivity contribution in [3.05, 3.63) is 85.1 Å². The van der Waals surface area contributed by atoms with Crippen molar-refractivity contribution in [2.24, 2.45) is 0 Å². The zero-order chi connectivity index (χ0) is 49.6. The van der Waals surface area contributed by atoms with Gasteiger partial charge in [0.25, 0.3) is 0 Å². The Morgan fingerprint density at radius 3 is 1.50 bits per heavy atom. The number of unbranched alkanes of at least 4 members (excludes halogenated alkanes) is 11. The van der Waals surface area contributed by atoms with Crippen molar-refractivity contribution < 1.29 is 64.6 Å². The molecule has 390 valence electrons. The number of nitrogens with one attached hydrogen (secondary N) is 1. The molecule has 2 rings (SSSR count). The van der Waals surface area contributed by atoms with Crippen LogP contribution >= 0.6 is 0 Å². The Morgan fingerprint density at radius 1 is 0.544 bits per heavy atom. The third kappa shape index (κ3) is 26.4. The fourth-order valence-corrected chi connectivity index (χ4v) is 7.93. The predicted molar refractivity (Wildman–Crippen MR) is 267 cm³/mol. The summed E-state index contributed by atoms with van der Waals surface area (Å²) in [4.78, 5) is 13.2. The first-order valence-electron chi connectivity index (χ1n) is 25.8. The van der Waals surface area contributed by atoms with Gasteiger partial charge in [-0.15, -0.1) is 0 Å². The van der Waals surface area contributed by atoms with Crippen molar-refractivity contribution in [2.75, 3.05) is 19.8 Å². The maximum absolute atomic E-state index is 13.2. The number of hydrogen-bond donors (Lipinski definition) is 9. The van der Waals surface area contributed by atoms with E-state index in [1.165, 1.54) is 44.9 Å². The number of ether oxygens (including phenoxy) is 4. The fourth-order valence-electron chi connectivity index (χ4n) is 7.93. The minimum absolute atomic E-state index is 0.219. The number of rotatable bonds is 38. The standard InChI is InChI=1S/C54H91NO13/c1-3-5-7-9-11-13-15-16-17-18-19-20-21-22-23-24-25-26-28-30-32-34-36-38-46(59)55-42(43(58)37-35-33-31-29-27-14-12-10-8-6-4-2)41-65-53-51(64)49(62)52(45(40-57)67-53)68-54-50(63)48(61)47(60)44(39-56)66-54/h5,7,11,13,16-17,19-20,22-23,25-26,30,32,42-45,47-54,56-58,60-64H,3-4,6,8-10,12,14-15,18,21,24,27-29,31,33-41H2,1-2H3,(H,55,59)/b7-5-,13-11-,17-16-,20-19-,23-22-,26-25-,32-30-. The monoisotopic (exact) mass is 962 g/mol. The van der Waals surface area contributed by atoms with Gasteiger partial charge in [-0.1, -0.05) is 170 Å². The molecule has 12 atom stereocenters. The van der Waals surface area contributed by atoms with Gasteiger partial charge in [0.1, 0.15) is 48.8 Å². The number of aliphatic hydroxyl groups is 8. The molecule has 2 saturated heterocycles. The van der Waals surface area contributed by atoms with Gasteiger partial charge < -0.3 is 65.1 Å². The molecule has 2 heterocycles. The van der Waals surface area contributed by atoms with Crippen molar-refractivity contribution in [3.63, 3.8) is 0 Å². The van der Waals surface area contributed by atoms with Crippen molar-refractivity contribution in [1.29, 1.82) is 0 Å². The van der Waals surface area contributed by atoms with Gasteiger partial charge in [-0.2, -0.15) is 0 Å². The Bertz CT molecular complexity index is 1460. The molecule has 2 fully saturated rings. The SMILES string of the molecule is CC/C=C\C/C=C\C/C=C\C/C=C\C/C=C\C/C=C\C/C=C\CCCC(=O)NC(COC1OC(CO)C(OC2OC(CO)C(O)C(O)C2O)C(O)C1O)C(O)CCCCCCCCCCCCC. The summed E-state index contributed by atoms with van der Waals surface area (Å²) in [6.45, 7) is 2.66. The van der Waals surface area contributed by atoms with E-state index in [1.807, 2.05) is 0 Å². The zero-order valence-corrected chi connectivity index (χ0v) is 41.3. The van der Waals surface area contributed by atoms with Crippen molar-refractivity contribution in [3.8, 4) is 0 Å². The quantitative estimate of drug-likeness (QED) is 0.0225. The highest BCUT2D eigenvalue weighted by Crippen LogP contribution is 2.30. The molecular weight excluding hydrogens is 871 g/mol. The van der Waals surface area contributed by atoms with Gasteiger partial charge in [-0.25, -0.2) is 0 Å². The number of amides is 1. The maximum Gasteiger partial charge on any atom is 0.220 e. The van der Waals surface area contributed by atoms with Gasteiger partial charge in [0.05, 0.1) is 32.0 Å². The van der Waals surface area contributed by atoms with E-state index in [1.54, 1.807) is 0 Å². The molecule has 1 amide bonds. The Balaban J connectivity index is 1.83. The van der Waals surface area contributed by atoms with E-state index >= 15 is 0 Å². The first-order valence-corrected chi connectivity index (χ1v) is 25.8. The van der Waals surface area contributed by atoms with E-state index in [4.69, 9.17) is 18.9 Å². The zero-order valence-electron chi connectivity index (χ0n) is 41.3. The van der Waals surface area contributed by atoms with Crippen molar-refractivity contribution >= 4 is 5.91 Å². The summed E-state index contributed by atoms with van der Waals surface area (Å²) < 4.78 is 22.7. The second kappa shape index (κ2) is 39.8. The smallest absolute Gasteiger partial charge is 0.220 e. The van der Waals surface area contributed by atoms with Gasteiger partial charge in [0.15, 0.2) is 12.6 Å². The average Bonchev–Trinajstić information content (AvgIpc) is 3.34. The lowest BCUT2D eigenvalue weighted by molar-refractivity contribution is -0.359. The van der Waals surface area contributed by atoms with Crippen LogP contribution in [0.25, 0.3) is 0 Å². The molecule has 9 N–H and O–H groups in total. The molecule has 0 aliphatic carbocycles. The Hall–Kier alpha value is -2.83. The third-order valence-electron chi connectivity index (χ3n) is 12.1. The number of allylic oxidation sites excluding steroid dienone is 14. The molecule has 0 aromatic carbocycles. The number of carbonyl (C=O) groups is 1. The van der Waals surface area contributed by atoms with Crippen LogP contribution < -0.4 is 5.32 Å². The highest BCUT2D eigenvalue weighted by molar-refractivity contribution is 5.76. The van der Waals surface area contributed by atoms with E-state index in [-0.39, 0.29) is 18.9 Å². The Morgan fingerprint density at radius 2 is 1.00 bits per heavy atom. The normalized spacial score (nSPS) is 27.1. The van der Waals surface area contributed by atoms with Gasteiger partial charge in [0, 0.05) is 6.42 Å². The molecule has 68 heavy (non-hydrogen) atoms. The molecule has 0 aromatic rings. The lowest BCUT2D eigenvalue weighted by Gasteiger charge is -2.46. The van der Waals surface area contributed by atoms with Crippen LogP contribution in [0.15, 0.2) is 85.1 Å². The van der Waals surface area contributed by atoms with Crippen LogP contribution in [-0.4, -0.2) is 140 Å². The highest BCUT2D eigenvalue weighted by Gasteiger charge is 2.51. The number of aliphatic hydroxyl groups excluding tert-OH is 8. The second-order valence-electron chi connectivity index (χ2n) is 17.9. The molecule has 0 radical (unpaired) electrons. The molecule has 12 unspecified atom stereocenters. The lowest BCUT2D eigenvalue weighted by Crippen LogP contribution is -2.65. The van der Waals surface area contributed by atoms with E-state index < -0.39 is 86.8 Å². The molecular formula is C54H91NO13. The van der Waals surface area contributed by atoms with Gasteiger partial charge >= 0.3 is 0 Å². The minimum atomic E-state index is -1.79. The third-order valence-corrected chi connectivity index (χ3v) is 12.1.